The minimum absolute atomic E-state index is 0.166. The lowest BCUT2D eigenvalue weighted by atomic mass is 9.75. The Hall–Kier alpha value is -1.06. The lowest BCUT2D eigenvalue weighted by Gasteiger charge is -2.49. The van der Waals surface area contributed by atoms with Crippen molar-refractivity contribution >= 4 is 0 Å². The van der Waals surface area contributed by atoms with E-state index in [4.69, 9.17) is 10.5 Å². The van der Waals surface area contributed by atoms with Crippen LogP contribution in [-0.2, 0) is 12.8 Å². The Balaban J connectivity index is 1.83. The number of piperidine rings is 1. The molecule has 0 radical (unpaired) electrons. The van der Waals surface area contributed by atoms with Gasteiger partial charge in [0.05, 0.1) is 7.11 Å². The van der Waals surface area contributed by atoms with Gasteiger partial charge in [0, 0.05) is 12.1 Å². The second-order valence-electron chi connectivity index (χ2n) is 6.91. The van der Waals surface area contributed by atoms with Crippen LogP contribution in [0.25, 0.3) is 0 Å². The second-order valence-corrected chi connectivity index (χ2v) is 6.91. The van der Waals surface area contributed by atoms with Gasteiger partial charge in [0.1, 0.15) is 5.75 Å². The smallest absolute Gasteiger partial charge is 0.119 e. The topological polar surface area (TPSA) is 38.5 Å². The van der Waals surface area contributed by atoms with Gasteiger partial charge in [-0.3, -0.25) is 4.90 Å². The van der Waals surface area contributed by atoms with E-state index in [9.17, 15) is 0 Å². The number of methoxy groups -OCH3 is 1. The number of nitrogens with two attached hydrogens (primary N) is 1. The Kier molecular flexibility index (Phi) is 4.23. The van der Waals surface area contributed by atoms with E-state index in [0.717, 1.165) is 31.1 Å². The summed E-state index contributed by atoms with van der Waals surface area (Å²) in [6.07, 6.45) is 6.03. The lowest BCUT2D eigenvalue weighted by Crippen LogP contribution is -2.59. The van der Waals surface area contributed by atoms with Crippen LogP contribution in [0.3, 0.4) is 0 Å². The van der Waals surface area contributed by atoms with Crippen LogP contribution in [0.5, 0.6) is 5.75 Å². The predicted octanol–water partition coefficient (Wildman–Crippen LogP) is 2.61. The molecular weight excluding hydrogens is 260 g/mol. The van der Waals surface area contributed by atoms with Crippen LogP contribution in [0, 0.1) is 5.92 Å². The van der Waals surface area contributed by atoms with E-state index >= 15 is 0 Å². The van der Waals surface area contributed by atoms with Crippen LogP contribution in [0.15, 0.2) is 18.2 Å². The molecule has 1 fully saturated rings. The number of likely N-dealkylation sites (tertiary alicyclic amines) is 1. The highest BCUT2D eigenvalue weighted by molar-refractivity contribution is 5.39. The zero-order valence-corrected chi connectivity index (χ0v) is 13.4. The fourth-order valence-corrected chi connectivity index (χ4v) is 4.00. The molecule has 0 spiro atoms. The molecule has 2 N–H and O–H groups in total. The first-order valence-electron chi connectivity index (χ1n) is 8.28. The predicted molar refractivity (Wildman–Crippen MR) is 86.8 cm³/mol. The molecule has 1 aliphatic heterocycles. The summed E-state index contributed by atoms with van der Waals surface area (Å²) in [5.41, 5.74) is 9.34. The van der Waals surface area contributed by atoms with Gasteiger partial charge >= 0.3 is 0 Å². The van der Waals surface area contributed by atoms with Crippen molar-refractivity contribution in [3.05, 3.63) is 29.3 Å². The Morgan fingerprint density at radius 2 is 2.05 bits per heavy atom. The fourth-order valence-electron chi connectivity index (χ4n) is 4.00. The van der Waals surface area contributed by atoms with Crippen molar-refractivity contribution < 1.29 is 4.74 Å². The molecule has 1 atom stereocenters. The zero-order chi connectivity index (χ0) is 14.9. The largest absolute Gasteiger partial charge is 0.497 e. The van der Waals surface area contributed by atoms with Gasteiger partial charge in [-0.1, -0.05) is 13.0 Å². The molecule has 3 nitrogen and oxygen atoms in total. The highest BCUT2D eigenvalue weighted by atomic mass is 16.5. The zero-order valence-electron chi connectivity index (χ0n) is 13.4. The average Bonchev–Trinajstić information content (AvgIpc) is 2.54. The number of hydrogen-bond acceptors (Lipinski definition) is 3. The molecule has 0 aromatic heterocycles. The van der Waals surface area contributed by atoms with Gasteiger partial charge in [0.2, 0.25) is 0 Å². The monoisotopic (exact) mass is 288 g/mol. The van der Waals surface area contributed by atoms with Crippen molar-refractivity contribution in [1.82, 2.24) is 4.90 Å². The van der Waals surface area contributed by atoms with Crippen molar-refractivity contribution in [3.63, 3.8) is 0 Å². The first-order chi connectivity index (χ1) is 10.2. The molecule has 0 saturated carbocycles. The van der Waals surface area contributed by atoms with E-state index in [1.807, 2.05) is 0 Å². The normalized spacial score (nSPS) is 27.4. The van der Waals surface area contributed by atoms with Crippen LogP contribution < -0.4 is 10.5 Å². The van der Waals surface area contributed by atoms with E-state index in [2.05, 4.69) is 30.0 Å². The first kappa shape index (κ1) is 14.9. The second kappa shape index (κ2) is 5.98. The Labute approximate surface area is 128 Å². The molecule has 3 heteroatoms. The van der Waals surface area contributed by atoms with Crippen molar-refractivity contribution in [2.24, 2.45) is 11.7 Å². The summed E-state index contributed by atoms with van der Waals surface area (Å²) in [4.78, 5) is 2.68. The van der Waals surface area contributed by atoms with Crippen molar-refractivity contribution in [1.29, 1.82) is 0 Å². The van der Waals surface area contributed by atoms with E-state index in [0.29, 0.717) is 0 Å². The molecule has 0 bridgehead atoms. The lowest BCUT2D eigenvalue weighted by molar-refractivity contribution is 0.0465. The summed E-state index contributed by atoms with van der Waals surface area (Å²) in [6, 6.07) is 6.52. The molecule has 1 aliphatic carbocycles. The molecule has 1 saturated heterocycles. The van der Waals surface area contributed by atoms with Crippen LogP contribution in [-0.4, -0.2) is 37.2 Å². The van der Waals surface area contributed by atoms with Crippen LogP contribution >= 0.6 is 0 Å². The minimum Gasteiger partial charge on any atom is -0.497 e. The van der Waals surface area contributed by atoms with E-state index < -0.39 is 0 Å². The number of hydrogen-bond donors (Lipinski definition) is 1. The van der Waals surface area contributed by atoms with Gasteiger partial charge in [-0.2, -0.15) is 0 Å². The third-order valence-corrected chi connectivity index (χ3v) is 5.63. The number of nitrogens with zero attached hydrogens (tertiary/aromatic N) is 1. The van der Waals surface area contributed by atoms with E-state index in [-0.39, 0.29) is 5.54 Å². The van der Waals surface area contributed by atoms with Crippen LogP contribution in [0.4, 0.5) is 0 Å². The molecule has 0 amide bonds. The summed E-state index contributed by atoms with van der Waals surface area (Å²) in [5, 5.41) is 0. The van der Waals surface area contributed by atoms with Crippen molar-refractivity contribution in [3.8, 4) is 5.75 Å². The Bertz CT molecular complexity index is 494. The average molecular weight is 288 g/mol. The van der Waals surface area contributed by atoms with Crippen LogP contribution in [0.1, 0.15) is 37.3 Å². The molecule has 1 heterocycles. The van der Waals surface area contributed by atoms with Gasteiger partial charge in [-0.25, -0.2) is 0 Å². The third-order valence-electron chi connectivity index (χ3n) is 5.63. The summed E-state index contributed by atoms with van der Waals surface area (Å²) < 4.78 is 5.40. The van der Waals surface area contributed by atoms with Gasteiger partial charge in [-0.05, 0) is 74.4 Å². The maximum Gasteiger partial charge on any atom is 0.119 e. The minimum atomic E-state index is 0.166. The van der Waals surface area contributed by atoms with E-state index in [1.165, 1.54) is 43.5 Å². The van der Waals surface area contributed by atoms with Crippen molar-refractivity contribution in [2.45, 2.75) is 44.6 Å². The summed E-state index contributed by atoms with van der Waals surface area (Å²) >= 11 is 0. The molecule has 21 heavy (non-hydrogen) atoms. The number of fused-ring (bicyclic) bond motifs is 1. The molecular formula is C18H28N2O. The SMILES string of the molecule is COc1ccc2c(c1)CC(CN)(N1CCC(C)CC1)CC2. The molecule has 1 unspecified atom stereocenters. The van der Waals surface area contributed by atoms with Crippen LogP contribution in [0.2, 0.25) is 0 Å². The Morgan fingerprint density at radius 3 is 2.71 bits per heavy atom. The third kappa shape index (κ3) is 2.82. The van der Waals surface area contributed by atoms with Gasteiger partial charge in [0.25, 0.3) is 0 Å². The number of ether oxygens (including phenoxy) is 1. The van der Waals surface area contributed by atoms with Gasteiger partial charge in [-0.15, -0.1) is 0 Å². The molecule has 3 rings (SSSR count). The highest BCUT2D eigenvalue weighted by Crippen LogP contribution is 2.36. The molecule has 116 valence electrons. The standard InChI is InChI=1S/C18H28N2O/c1-14-6-9-20(10-7-14)18(13-19)8-5-15-3-4-17(21-2)11-16(15)12-18/h3-4,11,14H,5-10,12-13,19H2,1-2H3. The quantitative estimate of drug-likeness (QED) is 0.929. The van der Waals surface area contributed by atoms with Gasteiger partial charge in [0.15, 0.2) is 0 Å². The number of benzene rings is 1. The maximum atomic E-state index is 6.26. The maximum absolute atomic E-state index is 6.26. The first-order valence-corrected chi connectivity index (χ1v) is 8.28. The van der Waals surface area contributed by atoms with E-state index in [1.54, 1.807) is 7.11 Å². The molecule has 2 aliphatic rings. The highest BCUT2D eigenvalue weighted by Gasteiger charge is 2.39. The van der Waals surface area contributed by atoms with Gasteiger partial charge < -0.3 is 10.5 Å². The Morgan fingerprint density at radius 1 is 1.29 bits per heavy atom. The summed E-state index contributed by atoms with van der Waals surface area (Å²) in [7, 11) is 1.74. The fraction of sp³-hybridized carbons (Fsp3) is 0.667. The molecule has 1 aromatic rings. The number of aryl methyl sites for hydroxylation is 1. The summed E-state index contributed by atoms with van der Waals surface area (Å²) in [6.45, 7) is 5.54. The summed E-state index contributed by atoms with van der Waals surface area (Å²) in [5.74, 6) is 1.83. The molecule has 1 aromatic carbocycles. The van der Waals surface area contributed by atoms with Crippen molar-refractivity contribution in [2.75, 3.05) is 26.7 Å². The number of rotatable bonds is 3.